The fourth-order valence-corrected chi connectivity index (χ4v) is 2.27. The van der Waals surface area contributed by atoms with Gasteiger partial charge in [0.1, 0.15) is 0 Å². The van der Waals surface area contributed by atoms with E-state index in [2.05, 4.69) is 21.0 Å². The molecule has 1 amide bonds. The molecule has 100 valence electrons. The number of aromatic nitrogens is 2. The molecule has 0 atom stereocenters. The zero-order valence-electron chi connectivity index (χ0n) is 10.6. The molecule has 0 aliphatic carbocycles. The van der Waals surface area contributed by atoms with E-state index in [0.29, 0.717) is 5.02 Å². The number of nitrogens with zero attached hydrogens (tertiary/aromatic N) is 3. The Hall–Kier alpha value is -1.33. The normalized spacial score (nSPS) is 10.5. The third-order valence-corrected chi connectivity index (χ3v) is 3.81. The molecule has 0 saturated carbocycles. The number of hydrogen-bond acceptors (Lipinski definition) is 2. The van der Waals surface area contributed by atoms with Gasteiger partial charge in [-0.3, -0.25) is 9.48 Å². The van der Waals surface area contributed by atoms with Crippen LogP contribution in [0.25, 0.3) is 0 Å². The molecule has 0 fully saturated rings. The lowest BCUT2D eigenvalue weighted by molar-refractivity contribution is -0.117. The molecule has 1 aromatic carbocycles. The first-order valence-electron chi connectivity index (χ1n) is 5.66. The predicted octanol–water partition coefficient (Wildman–Crippen LogP) is 3.04. The van der Waals surface area contributed by atoms with E-state index in [-0.39, 0.29) is 12.3 Å². The van der Waals surface area contributed by atoms with E-state index < -0.39 is 0 Å². The van der Waals surface area contributed by atoms with Gasteiger partial charge in [0.15, 0.2) is 0 Å². The van der Waals surface area contributed by atoms with Gasteiger partial charge in [-0.05, 0) is 23.8 Å². The second kappa shape index (κ2) is 5.75. The standard InChI is InChI=1S/C13H13BrClN3O/c1-17-8-11(7-16-17)18(2)13(19)6-9-5-10(15)3-4-12(9)14/h3-5,7-8H,6H2,1-2H3. The van der Waals surface area contributed by atoms with Crippen molar-refractivity contribution >= 4 is 39.1 Å². The Balaban J connectivity index is 2.14. The average molecular weight is 343 g/mol. The lowest BCUT2D eigenvalue weighted by atomic mass is 10.1. The van der Waals surface area contributed by atoms with Crippen molar-refractivity contribution in [3.05, 3.63) is 45.7 Å². The van der Waals surface area contributed by atoms with Crippen LogP contribution in [0.5, 0.6) is 0 Å². The molecule has 19 heavy (non-hydrogen) atoms. The summed E-state index contributed by atoms with van der Waals surface area (Å²) in [4.78, 5) is 13.8. The Morgan fingerprint density at radius 1 is 1.53 bits per heavy atom. The first kappa shape index (κ1) is 14.1. The van der Waals surface area contributed by atoms with Crippen LogP contribution in [0.1, 0.15) is 5.56 Å². The van der Waals surface area contributed by atoms with Gasteiger partial charge in [-0.1, -0.05) is 27.5 Å². The summed E-state index contributed by atoms with van der Waals surface area (Å²) >= 11 is 9.36. The quantitative estimate of drug-likeness (QED) is 0.860. The topological polar surface area (TPSA) is 38.1 Å². The van der Waals surface area contributed by atoms with Gasteiger partial charge >= 0.3 is 0 Å². The molecule has 2 rings (SSSR count). The van der Waals surface area contributed by atoms with Crippen LogP contribution in [-0.2, 0) is 18.3 Å². The van der Waals surface area contributed by atoms with Crippen LogP contribution < -0.4 is 4.90 Å². The molecule has 0 saturated heterocycles. The molecule has 0 radical (unpaired) electrons. The Labute approximate surface area is 125 Å². The van der Waals surface area contributed by atoms with Crippen molar-refractivity contribution in [1.82, 2.24) is 9.78 Å². The number of carbonyl (C=O) groups excluding carboxylic acids is 1. The summed E-state index contributed by atoms with van der Waals surface area (Å²) in [5.41, 5.74) is 1.64. The van der Waals surface area contributed by atoms with E-state index >= 15 is 0 Å². The highest BCUT2D eigenvalue weighted by molar-refractivity contribution is 9.10. The lowest BCUT2D eigenvalue weighted by Crippen LogP contribution is -2.27. The maximum atomic E-state index is 12.2. The van der Waals surface area contributed by atoms with Crippen molar-refractivity contribution in [3.63, 3.8) is 0 Å². The van der Waals surface area contributed by atoms with Crippen molar-refractivity contribution in [2.45, 2.75) is 6.42 Å². The van der Waals surface area contributed by atoms with Crippen LogP contribution in [-0.4, -0.2) is 22.7 Å². The van der Waals surface area contributed by atoms with Crippen LogP contribution in [0, 0.1) is 0 Å². The van der Waals surface area contributed by atoms with Crippen LogP contribution in [0.15, 0.2) is 35.1 Å². The minimum absolute atomic E-state index is 0.0176. The summed E-state index contributed by atoms with van der Waals surface area (Å²) in [5.74, 6) is -0.0176. The van der Waals surface area contributed by atoms with Crippen molar-refractivity contribution in [1.29, 1.82) is 0 Å². The Morgan fingerprint density at radius 3 is 2.89 bits per heavy atom. The number of amides is 1. The van der Waals surface area contributed by atoms with Gasteiger partial charge < -0.3 is 4.90 Å². The molecular formula is C13H13BrClN3O. The zero-order valence-corrected chi connectivity index (χ0v) is 12.9. The van der Waals surface area contributed by atoms with Crippen LogP contribution in [0.4, 0.5) is 5.69 Å². The SMILES string of the molecule is CN(C(=O)Cc1cc(Cl)ccc1Br)c1cnn(C)c1. The second-order valence-electron chi connectivity index (χ2n) is 4.24. The van der Waals surface area contributed by atoms with E-state index in [1.165, 1.54) is 0 Å². The number of carbonyl (C=O) groups is 1. The van der Waals surface area contributed by atoms with E-state index in [1.807, 2.05) is 13.1 Å². The van der Waals surface area contributed by atoms with Crippen LogP contribution in [0.2, 0.25) is 5.02 Å². The predicted molar refractivity (Wildman–Crippen MR) is 79.5 cm³/mol. The molecule has 0 bridgehead atoms. The van der Waals surface area contributed by atoms with E-state index in [0.717, 1.165) is 15.7 Å². The average Bonchev–Trinajstić information content (AvgIpc) is 2.79. The smallest absolute Gasteiger partial charge is 0.231 e. The maximum Gasteiger partial charge on any atom is 0.231 e. The van der Waals surface area contributed by atoms with E-state index in [4.69, 9.17) is 11.6 Å². The van der Waals surface area contributed by atoms with Crippen LogP contribution >= 0.6 is 27.5 Å². The fourth-order valence-electron chi connectivity index (χ4n) is 1.69. The Morgan fingerprint density at radius 2 is 2.26 bits per heavy atom. The molecule has 0 spiro atoms. The largest absolute Gasteiger partial charge is 0.312 e. The molecule has 0 N–H and O–H groups in total. The van der Waals surface area contributed by atoms with E-state index in [9.17, 15) is 4.79 Å². The highest BCUT2D eigenvalue weighted by Crippen LogP contribution is 2.22. The summed E-state index contributed by atoms with van der Waals surface area (Å²) in [7, 11) is 3.55. The number of rotatable bonds is 3. The molecule has 2 aromatic rings. The Kier molecular flexibility index (Phi) is 4.27. The van der Waals surface area contributed by atoms with Crippen molar-refractivity contribution in [2.24, 2.45) is 7.05 Å². The number of anilines is 1. The number of halogens is 2. The third kappa shape index (κ3) is 3.36. The number of benzene rings is 1. The van der Waals surface area contributed by atoms with Gasteiger partial charge in [-0.2, -0.15) is 5.10 Å². The zero-order chi connectivity index (χ0) is 14.0. The molecule has 0 aliphatic heterocycles. The minimum Gasteiger partial charge on any atom is -0.312 e. The first-order valence-corrected chi connectivity index (χ1v) is 6.83. The fraction of sp³-hybridized carbons (Fsp3) is 0.231. The highest BCUT2D eigenvalue weighted by Gasteiger charge is 2.14. The van der Waals surface area contributed by atoms with Gasteiger partial charge in [0.05, 0.1) is 18.3 Å². The monoisotopic (exact) mass is 341 g/mol. The number of likely N-dealkylation sites (N-methyl/N-ethyl adjacent to an activating group) is 1. The summed E-state index contributed by atoms with van der Waals surface area (Å²) < 4.78 is 2.54. The van der Waals surface area contributed by atoms with Crippen molar-refractivity contribution in [3.8, 4) is 0 Å². The molecule has 0 aliphatic rings. The second-order valence-corrected chi connectivity index (χ2v) is 5.53. The molecule has 4 nitrogen and oxygen atoms in total. The first-order chi connectivity index (χ1) is 8.97. The third-order valence-electron chi connectivity index (χ3n) is 2.80. The minimum atomic E-state index is -0.0176. The molecule has 6 heteroatoms. The van der Waals surface area contributed by atoms with Crippen LogP contribution in [0.3, 0.4) is 0 Å². The summed E-state index contributed by atoms with van der Waals surface area (Å²) in [6, 6.07) is 5.42. The molecule has 1 heterocycles. The molecule has 1 aromatic heterocycles. The van der Waals surface area contributed by atoms with Crippen molar-refractivity contribution in [2.75, 3.05) is 11.9 Å². The van der Waals surface area contributed by atoms with Gasteiger partial charge in [-0.25, -0.2) is 0 Å². The number of aryl methyl sites for hydroxylation is 1. The summed E-state index contributed by atoms with van der Waals surface area (Å²) in [6.45, 7) is 0. The Bertz CT molecular complexity index is 612. The molecular weight excluding hydrogens is 330 g/mol. The lowest BCUT2D eigenvalue weighted by Gasteiger charge is -2.15. The highest BCUT2D eigenvalue weighted by atomic mass is 79.9. The van der Waals surface area contributed by atoms with Gasteiger partial charge in [0.2, 0.25) is 5.91 Å². The summed E-state index contributed by atoms with van der Waals surface area (Å²) in [5, 5.41) is 4.67. The van der Waals surface area contributed by atoms with Crippen molar-refractivity contribution < 1.29 is 4.79 Å². The van der Waals surface area contributed by atoms with Gasteiger partial charge in [0, 0.05) is 29.8 Å². The summed E-state index contributed by atoms with van der Waals surface area (Å²) in [6.07, 6.45) is 3.74. The number of hydrogen-bond donors (Lipinski definition) is 0. The van der Waals surface area contributed by atoms with Gasteiger partial charge in [0.25, 0.3) is 0 Å². The molecule has 0 unspecified atom stereocenters. The van der Waals surface area contributed by atoms with Gasteiger partial charge in [-0.15, -0.1) is 0 Å². The van der Waals surface area contributed by atoms with E-state index in [1.54, 1.807) is 41.2 Å². The maximum absolute atomic E-state index is 12.2.